The predicted octanol–water partition coefficient (Wildman–Crippen LogP) is 6.18. The molecule has 0 spiro atoms. The normalized spacial score (nSPS) is 16.8. The highest BCUT2D eigenvalue weighted by atomic mass is 19.4. The molecule has 180 valence electrons. The molecule has 3 nitrogen and oxygen atoms in total. The SMILES string of the molecule is O=C(OC(F)(F)C(F)(F)C(F)CC(F)(F)F)OC(F)(F)C(F)(F)C(F)CC(F)(F)F. The van der Waals surface area contributed by atoms with Crippen LogP contribution in [0.5, 0.6) is 0 Å². The maximum absolute atomic E-state index is 13.0. The van der Waals surface area contributed by atoms with Crippen molar-refractivity contribution in [2.24, 2.45) is 0 Å². The third-order valence-electron chi connectivity index (χ3n) is 2.81. The minimum Gasteiger partial charge on any atom is -0.363 e. The number of carbonyl (C=O) groups excluding carboxylic acids is 1. The Morgan fingerprint density at radius 3 is 1.00 bits per heavy atom. The van der Waals surface area contributed by atoms with Crippen molar-refractivity contribution in [2.75, 3.05) is 0 Å². The number of ether oxygens (including phenoxy) is 2. The van der Waals surface area contributed by atoms with Crippen LogP contribution >= 0.6 is 0 Å². The zero-order chi connectivity index (χ0) is 24.6. The lowest BCUT2D eigenvalue weighted by Gasteiger charge is -2.30. The lowest BCUT2D eigenvalue weighted by atomic mass is 10.1. The summed E-state index contributed by atoms with van der Waals surface area (Å²) in [5.41, 5.74) is 0. The second-order valence-electron chi connectivity index (χ2n) is 5.31. The first-order valence-electron chi connectivity index (χ1n) is 6.70. The maximum atomic E-state index is 13.0. The van der Waals surface area contributed by atoms with Crippen molar-refractivity contribution in [3.8, 4) is 0 Å². The number of rotatable bonds is 8. The first-order valence-corrected chi connectivity index (χ1v) is 6.70. The van der Waals surface area contributed by atoms with Crippen LogP contribution in [-0.4, -0.2) is 54.9 Å². The average Bonchev–Trinajstić information content (AvgIpc) is 2.41. The second-order valence-corrected chi connectivity index (χ2v) is 5.31. The van der Waals surface area contributed by atoms with Crippen LogP contribution in [0.2, 0.25) is 0 Å². The molecule has 0 aromatic heterocycles. The summed E-state index contributed by atoms with van der Waals surface area (Å²) >= 11 is 0. The molecule has 0 heterocycles. The fraction of sp³-hybridized carbons (Fsp3) is 0.909. The lowest BCUT2D eigenvalue weighted by Crippen LogP contribution is -2.54. The zero-order valence-corrected chi connectivity index (χ0v) is 13.3. The summed E-state index contributed by atoms with van der Waals surface area (Å²) in [5, 5.41) is 0. The van der Waals surface area contributed by atoms with E-state index >= 15 is 0 Å². The highest BCUT2D eigenvalue weighted by Gasteiger charge is 2.70. The molecular formula is C11H6F16O3. The fourth-order valence-corrected chi connectivity index (χ4v) is 1.39. The minimum absolute atomic E-state index is 2.14. The van der Waals surface area contributed by atoms with Crippen LogP contribution < -0.4 is 0 Å². The first kappa shape index (κ1) is 28.1. The van der Waals surface area contributed by atoms with Gasteiger partial charge in [0.1, 0.15) is 0 Å². The molecule has 0 saturated carbocycles. The largest absolute Gasteiger partial charge is 0.518 e. The van der Waals surface area contributed by atoms with Crippen molar-refractivity contribution in [3.05, 3.63) is 0 Å². The molecule has 0 rings (SSSR count). The summed E-state index contributed by atoms with van der Waals surface area (Å²) in [7, 11) is 0. The molecule has 0 aromatic carbocycles. The van der Waals surface area contributed by atoms with E-state index in [1.54, 1.807) is 0 Å². The Morgan fingerprint density at radius 2 is 0.800 bits per heavy atom. The molecule has 0 fully saturated rings. The van der Waals surface area contributed by atoms with Crippen LogP contribution in [0.1, 0.15) is 12.8 Å². The van der Waals surface area contributed by atoms with Crippen molar-refractivity contribution in [2.45, 2.75) is 61.6 Å². The predicted molar refractivity (Wildman–Crippen MR) is 58.5 cm³/mol. The summed E-state index contributed by atoms with van der Waals surface area (Å²) < 4.78 is 205. The fourth-order valence-electron chi connectivity index (χ4n) is 1.39. The number of carbonyl (C=O) groups is 1. The van der Waals surface area contributed by atoms with Gasteiger partial charge < -0.3 is 9.47 Å². The summed E-state index contributed by atoms with van der Waals surface area (Å²) in [4.78, 5) is 10.6. The molecule has 0 saturated heterocycles. The number of alkyl halides is 16. The van der Waals surface area contributed by atoms with E-state index in [9.17, 15) is 75.0 Å². The van der Waals surface area contributed by atoms with Gasteiger partial charge in [0, 0.05) is 0 Å². The Bertz CT molecular complexity index is 544. The quantitative estimate of drug-likeness (QED) is 0.302. The molecule has 0 radical (unpaired) electrons. The highest BCUT2D eigenvalue weighted by Crippen LogP contribution is 2.45. The van der Waals surface area contributed by atoms with Gasteiger partial charge in [0.25, 0.3) is 0 Å². The molecule has 0 aliphatic rings. The lowest BCUT2D eigenvalue weighted by molar-refractivity contribution is -0.376. The monoisotopic (exact) mass is 490 g/mol. The third-order valence-corrected chi connectivity index (χ3v) is 2.81. The highest BCUT2D eigenvalue weighted by molar-refractivity contribution is 5.61. The summed E-state index contributed by atoms with van der Waals surface area (Å²) in [6.45, 7) is 0. The number of hydrogen-bond acceptors (Lipinski definition) is 3. The molecule has 0 aliphatic heterocycles. The van der Waals surface area contributed by atoms with Crippen LogP contribution in [0, 0.1) is 0 Å². The topological polar surface area (TPSA) is 35.5 Å². The Balaban J connectivity index is 5.41. The minimum atomic E-state index is -6.71. The third kappa shape index (κ3) is 7.13. The van der Waals surface area contributed by atoms with Crippen molar-refractivity contribution in [1.82, 2.24) is 0 Å². The van der Waals surface area contributed by atoms with Crippen molar-refractivity contribution in [3.63, 3.8) is 0 Å². The second kappa shape index (κ2) is 8.35. The standard InChI is InChI=1S/C11H6F16O3/c12-3(1-6(14,15)16)8(20,21)10(24,25)29-5(28)30-11(26,27)9(22,23)4(13)2-7(17,18)19/h3-4H,1-2H2. The number of halogens is 16. The van der Waals surface area contributed by atoms with E-state index in [4.69, 9.17) is 0 Å². The maximum Gasteiger partial charge on any atom is 0.518 e. The van der Waals surface area contributed by atoms with Gasteiger partial charge in [-0.1, -0.05) is 0 Å². The average molecular weight is 490 g/mol. The van der Waals surface area contributed by atoms with Gasteiger partial charge in [-0.25, -0.2) is 13.6 Å². The van der Waals surface area contributed by atoms with Gasteiger partial charge >= 0.3 is 42.6 Å². The molecule has 30 heavy (non-hydrogen) atoms. The summed E-state index contributed by atoms with van der Waals surface area (Å²) in [6, 6.07) is 0. The molecule has 0 amide bonds. The molecule has 0 N–H and O–H groups in total. The van der Waals surface area contributed by atoms with Gasteiger partial charge in [-0.15, -0.1) is 0 Å². The van der Waals surface area contributed by atoms with E-state index in [1.165, 1.54) is 0 Å². The van der Waals surface area contributed by atoms with E-state index in [2.05, 4.69) is 9.47 Å². The molecule has 19 heteroatoms. The van der Waals surface area contributed by atoms with Crippen LogP contribution in [0.4, 0.5) is 75.0 Å². The van der Waals surface area contributed by atoms with Crippen molar-refractivity contribution < 1.29 is 84.5 Å². The molecule has 2 atom stereocenters. The first-order chi connectivity index (χ1) is 12.9. The molecule has 0 aliphatic carbocycles. The smallest absolute Gasteiger partial charge is 0.363 e. The van der Waals surface area contributed by atoms with Gasteiger partial charge in [0.15, 0.2) is 12.3 Å². The van der Waals surface area contributed by atoms with Gasteiger partial charge in [-0.2, -0.15) is 61.5 Å². The molecule has 2 unspecified atom stereocenters. The van der Waals surface area contributed by atoms with Crippen molar-refractivity contribution in [1.29, 1.82) is 0 Å². The molecular weight excluding hydrogens is 484 g/mol. The van der Waals surface area contributed by atoms with E-state index in [0.29, 0.717) is 0 Å². The Kier molecular flexibility index (Phi) is 7.84. The Labute approximate surface area is 153 Å². The Morgan fingerprint density at radius 1 is 0.567 bits per heavy atom. The van der Waals surface area contributed by atoms with Crippen LogP contribution in [0.3, 0.4) is 0 Å². The van der Waals surface area contributed by atoms with Crippen molar-refractivity contribution >= 4 is 6.16 Å². The summed E-state index contributed by atoms with van der Waals surface area (Å²) in [5.74, 6) is -13.1. The van der Waals surface area contributed by atoms with E-state index in [0.717, 1.165) is 0 Å². The number of hydrogen-bond donors (Lipinski definition) is 0. The zero-order valence-electron chi connectivity index (χ0n) is 13.3. The van der Waals surface area contributed by atoms with E-state index in [1.807, 2.05) is 0 Å². The summed E-state index contributed by atoms with van der Waals surface area (Å²) in [6.07, 6.45) is -45.2. The van der Waals surface area contributed by atoms with Crippen LogP contribution in [-0.2, 0) is 9.47 Å². The van der Waals surface area contributed by atoms with Crippen LogP contribution in [0.25, 0.3) is 0 Å². The molecule has 0 aromatic rings. The van der Waals surface area contributed by atoms with Gasteiger partial charge in [0.05, 0.1) is 12.8 Å². The van der Waals surface area contributed by atoms with Gasteiger partial charge in [-0.3, -0.25) is 0 Å². The Hall–Kier alpha value is -1.85. The van der Waals surface area contributed by atoms with E-state index in [-0.39, 0.29) is 0 Å². The van der Waals surface area contributed by atoms with Gasteiger partial charge in [0.2, 0.25) is 0 Å². The van der Waals surface area contributed by atoms with Crippen LogP contribution in [0.15, 0.2) is 0 Å². The van der Waals surface area contributed by atoms with E-state index < -0.39 is 67.8 Å². The molecule has 0 bridgehead atoms. The van der Waals surface area contributed by atoms with Gasteiger partial charge in [-0.05, 0) is 0 Å².